The highest BCUT2D eigenvalue weighted by Crippen LogP contribution is 2.44. The summed E-state index contributed by atoms with van der Waals surface area (Å²) in [4.78, 5) is 31.3. The molecule has 1 saturated heterocycles. The van der Waals surface area contributed by atoms with E-state index in [1.165, 1.54) is 11.8 Å². The number of benzene rings is 2. The maximum atomic E-state index is 13.1. The molecule has 0 amide bonds. The van der Waals surface area contributed by atoms with Gasteiger partial charge in [-0.25, -0.2) is 4.98 Å². The van der Waals surface area contributed by atoms with Gasteiger partial charge in [0.1, 0.15) is 11.6 Å². The molecule has 0 bridgehead atoms. The number of ether oxygens (including phenoxy) is 2. The Morgan fingerprint density at radius 2 is 1.75 bits per heavy atom. The van der Waals surface area contributed by atoms with Crippen LogP contribution < -0.4 is 0 Å². The zero-order chi connectivity index (χ0) is 22.5. The Hall–Kier alpha value is -2.74. The summed E-state index contributed by atoms with van der Waals surface area (Å²) in [5.41, 5.74) is 1.49. The van der Waals surface area contributed by atoms with Gasteiger partial charge in [0.2, 0.25) is 0 Å². The molecule has 7 heteroatoms. The lowest BCUT2D eigenvalue weighted by Crippen LogP contribution is -2.25. The lowest BCUT2D eigenvalue weighted by Gasteiger charge is -2.21. The molecular weight excluding hydrogens is 426 g/mol. The lowest BCUT2D eigenvalue weighted by molar-refractivity contribution is -0.152. The van der Waals surface area contributed by atoms with Crippen LogP contribution in [0.1, 0.15) is 52.6 Å². The number of para-hydroxylation sites is 1. The van der Waals surface area contributed by atoms with Crippen LogP contribution in [0, 0.1) is 0 Å². The molecule has 0 saturated carbocycles. The van der Waals surface area contributed by atoms with Crippen molar-refractivity contribution in [2.45, 2.75) is 43.0 Å². The fraction of sp³-hybridized carbons (Fsp3) is 0.320. The van der Waals surface area contributed by atoms with Gasteiger partial charge in [-0.2, -0.15) is 0 Å². The van der Waals surface area contributed by atoms with Crippen molar-refractivity contribution in [2.75, 3.05) is 12.4 Å². The average Bonchev–Trinajstić information content (AvgIpc) is 3.31. The molecule has 2 aromatic carbocycles. The molecule has 5 rings (SSSR count). The summed E-state index contributed by atoms with van der Waals surface area (Å²) in [6, 6.07) is 14.2. The first-order valence-corrected chi connectivity index (χ1v) is 11.6. The topological polar surface area (TPSA) is 85.7 Å². The molecule has 2 aliphatic rings. The number of carbonyl (C=O) groups excluding carboxylic acids is 2. The molecule has 2 unspecified atom stereocenters. The van der Waals surface area contributed by atoms with Gasteiger partial charge < -0.3 is 14.6 Å². The van der Waals surface area contributed by atoms with Crippen molar-refractivity contribution in [1.82, 2.24) is 4.98 Å². The van der Waals surface area contributed by atoms with E-state index in [-0.39, 0.29) is 29.1 Å². The third-order valence-corrected chi connectivity index (χ3v) is 7.39. The summed E-state index contributed by atoms with van der Waals surface area (Å²) >= 11 is 1.43. The highest BCUT2D eigenvalue weighted by atomic mass is 32.2. The van der Waals surface area contributed by atoms with Gasteiger partial charge in [0.15, 0.2) is 23.1 Å². The van der Waals surface area contributed by atoms with Crippen molar-refractivity contribution < 1.29 is 24.2 Å². The number of hydrogen-bond acceptors (Lipinski definition) is 7. The maximum Gasteiger partial charge on any atom is 0.180 e. The van der Waals surface area contributed by atoms with E-state index in [1.54, 1.807) is 24.3 Å². The summed E-state index contributed by atoms with van der Waals surface area (Å²) in [6.45, 7) is 4.41. The number of fused-ring (bicyclic) bond motifs is 2. The number of Topliss-reactive ketones (excluding diaryl/α,β-unsaturated/α-hetero) is 2. The number of hydrogen-bond donors (Lipinski definition) is 1. The van der Waals surface area contributed by atoms with Gasteiger partial charge in [0.05, 0.1) is 23.1 Å². The van der Waals surface area contributed by atoms with E-state index < -0.39 is 11.7 Å². The molecular formula is C25H23NO5S. The summed E-state index contributed by atoms with van der Waals surface area (Å²) in [7, 11) is 0. The van der Waals surface area contributed by atoms with Gasteiger partial charge in [-0.1, -0.05) is 49.4 Å². The number of ketones is 2. The second-order valence-electron chi connectivity index (χ2n) is 8.25. The number of aromatic hydroxyl groups is 1. The molecule has 1 aliphatic heterocycles. The van der Waals surface area contributed by atoms with Gasteiger partial charge in [-0.15, -0.1) is 11.8 Å². The van der Waals surface area contributed by atoms with Gasteiger partial charge in [0.25, 0.3) is 0 Å². The fourth-order valence-corrected chi connectivity index (χ4v) is 5.35. The SMILES string of the molecule is CCC1(C)OCC(CSc2c(O)c(C3C(=O)c4ccccc4C3=O)nc3ccccc23)O1. The quantitative estimate of drug-likeness (QED) is 0.445. The zero-order valence-electron chi connectivity index (χ0n) is 17.8. The van der Waals surface area contributed by atoms with Crippen molar-refractivity contribution in [2.24, 2.45) is 0 Å². The molecule has 1 fully saturated rings. The Kier molecular flexibility index (Phi) is 5.28. The largest absolute Gasteiger partial charge is 0.505 e. The highest BCUT2D eigenvalue weighted by Gasteiger charge is 2.42. The normalized spacial score (nSPS) is 23.2. The van der Waals surface area contributed by atoms with Gasteiger partial charge >= 0.3 is 0 Å². The monoisotopic (exact) mass is 449 g/mol. The van der Waals surface area contributed by atoms with Crippen LogP contribution in [0.15, 0.2) is 53.4 Å². The third-order valence-electron chi connectivity index (χ3n) is 6.15. The minimum atomic E-state index is -1.13. The molecule has 0 spiro atoms. The zero-order valence-corrected chi connectivity index (χ0v) is 18.6. The second kappa shape index (κ2) is 7.99. The van der Waals surface area contributed by atoms with E-state index in [2.05, 4.69) is 4.98 Å². The second-order valence-corrected chi connectivity index (χ2v) is 9.28. The van der Waals surface area contributed by atoms with E-state index in [9.17, 15) is 14.7 Å². The molecule has 1 aromatic heterocycles. The van der Waals surface area contributed by atoms with Gasteiger partial charge in [-0.3, -0.25) is 9.59 Å². The number of pyridine rings is 1. The number of aromatic nitrogens is 1. The molecule has 1 aliphatic carbocycles. The predicted octanol–water partition coefficient (Wildman–Crippen LogP) is 4.74. The number of thioether (sulfide) groups is 1. The van der Waals surface area contributed by atoms with Crippen molar-refractivity contribution in [1.29, 1.82) is 0 Å². The molecule has 6 nitrogen and oxygen atoms in total. The van der Waals surface area contributed by atoms with Crippen molar-refractivity contribution in [3.05, 3.63) is 65.4 Å². The highest BCUT2D eigenvalue weighted by molar-refractivity contribution is 7.99. The first kappa shape index (κ1) is 21.1. The molecule has 2 heterocycles. The van der Waals surface area contributed by atoms with E-state index in [0.717, 1.165) is 11.8 Å². The summed E-state index contributed by atoms with van der Waals surface area (Å²) in [5, 5.41) is 12.0. The van der Waals surface area contributed by atoms with E-state index in [0.29, 0.717) is 33.9 Å². The van der Waals surface area contributed by atoms with Crippen molar-refractivity contribution in [3.8, 4) is 5.75 Å². The fourth-order valence-electron chi connectivity index (χ4n) is 4.26. The van der Waals surface area contributed by atoms with Crippen molar-refractivity contribution >= 4 is 34.2 Å². The first-order valence-electron chi connectivity index (χ1n) is 10.7. The van der Waals surface area contributed by atoms with Crippen molar-refractivity contribution in [3.63, 3.8) is 0 Å². The van der Waals surface area contributed by atoms with Crippen LogP contribution in [0.3, 0.4) is 0 Å². The molecule has 3 aromatic rings. The Bertz CT molecular complexity index is 1210. The summed E-state index contributed by atoms with van der Waals surface area (Å²) in [6.07, 6.45) is 0.618. The lowest BCUT2D eigenvalue weighted by atomic mass is 9.97. The van der Waals surface area contributed by atoms with E-state index in [4.69, 9.17) is 9.47 Å². The number of carbonyl (C=O) groups is 2. The smallest absolute Gasteiger partial charge is 0.180 e. The van der Waals surface area contributed by atoms with Crippen LogP contribution in [0.4, 0.5) is 0 Å². The predicted molar refractivity (Wildman–Crippen MR) is 121 cm³/mol. The van der Waals surface area contributed by atoms with Crippen LogP contribution >= 0.6 is 11.8 Å². The Morgan fingerprint density at radius 1 is 1.09 bits per heavy atom. The maximum absolute atomic E-state index is 13.1. The van der Waals surface area contributed by atoms with Crippen LogP contribution in [0.25, 0.3) is 10.9 Å². The average molecular weight is 450 g/mol. The van der Waals surface area contributed by atoms with Crippen LogP contribution in [0.2, 0.25) is 0 Å². The Balaban J connectivity index is 1.53. The number of nitrogens with zero attached hydrogens (tertiary/aromatic N) is 1. The molecule has 1 N–H and O–H groups in total. The van der Waals surface area contributed by atoms with Crippen LogP contribution in [-0.2, 0) is 9.47 Å². The Morgan fingerprint density at radius 3 is 2.41 bits per heavy atom. The summed E-state index contributed by atoms with van der Waals surface area (Å²) < 4.78 is 11.8. The first-order chi connectivity index (χ1) is 15.4. The number of rotatable bonds is 5. The van der Waals surface area contributed by atoms with Crippen LogP contribution in [0.5, 0.6) is 5.75 Å². The van der Waals surface area contributed by atoms with Gasteiger partial charge in [-0.05, 0) is 19.4 Å². The molecule has 2 atom stereocenters. The van der Waals surface area contributed by atoms with Crippen LogP contribution in [-0.4, -0.2) is 45.9 Å². The minimum Gasteiger partial charge on any atom is -0.505 e. The standard InChI is InChI=1S/C25H23NO5S/c1-3-25(2)30-12-14(31-25)13-32-24-17-10-6-7-11-18(17)26-20(23(24)29)19-21(27)15-8-4-5-9-16(15)22(19)28/h4-11,14,19,29H,3,12-13H2,1-2H3. The summed E-state index contributed by atoms with van der Waals surface area (Å²) in [5.74, 6) is -1.94. The van der Waals surface area contributed by atoms with E-state index >= 15 is 0 Å². The minimum absolute atomic E-state index is 0.111. The Labute approximate surface area is 189 Å². The third kappa shape index (κ3) is 3.41. The molecule has 164 valence electrons. The van der Waals surface area contributed by atoms with E-state index in [1.807, 2.05) is 38.1 Å². The molecule has 32 heavy (non-hydrogen) atoms. The van der Waals surface area contributed by atoms with Gasteiger partial charge in [0, 0.05) is 22.3 Å². The molecule has 0 radical (unpaired) electrons.